The fourth-order valence-corrected chi connectivity index (χ4v) is 4.24. The number of benzene rings is 3. The molecule has 1 saturated heterocycles. The van der Waals surface area contributed by atoms with E-state index >= 15 is 0 Å². The summed E-state index contributed by atoms with van der Waals surface area (Å²) in [5, 5.41) is 11.2. The third-order valence-corrected chi connectivity index (χ3v) is 5.84. The topological polar surface area (TPSA) is 64.1 Å². The zero-order valence-electron chi connectivity index (χ0n) is 16.1. The number of amides is 2. The Balaban J connectivity index is 1.64. The molecule has 1 N–H and O–H groups in total. The largest absolute Gasteiger partial charge is 0.508 e. The number of carbonyl (C=O) groups excluding carboxylic acids is 2. The minimum absolute atomic E-state index is 0.0879. The van der Waals surface area contributed by atoms with Crippen LogP contribution in [0.1, 0.15) is 20.7 Å². The Labute approximate surface area is 168 Å². The summed E-state index contributed by atoms with van der Waals surface area (Å²) >= 11 is 0. The Morgan fingerprint density at radius 3 is 2.14 bits per heavy atom. The molecular weight excluding hydrogens is 366 g/mol. The molecule has 0 unspecified atom stereocenters. The van der Waals surface area contributed by atoms with E-state index < -0.39 is 0 Å². The van der Waals surface area contributed by atoms with Gasteiger partial charge in [-0.05, 0) is 49.5 Å². The third-order valence-electron chi connectivity index (χ3n) is 5.84. The smallest absolute Gasteiger partial charge is 0.265 e. The lowest BCUT2D eigenvalue weighted by molar-refractivity contribution is 0.0893. The van der Waals surface area contributed by atoms with Crippen LogP contribution in [0.15, 0.2) is 54.6 Å². The van der Waals surface area contributed by atoms with E-state index in [1.54, 1.807) is 18.2 Å². The molecule has 5 rings (SSSR count). The first-order chi connectivity index (χ1) is 14.0. The summed E-state index contributed by atoms with van der Waals surface area (Å²) in [6.07, 6.45) is 0. The Morgan fingerprint density at radius 2 is 1.45 bits per heavy atom. The summed E-state index contributed by atoms with van der Waals surface area (Å²) in [5.74, 6) is -0.589. The number of piperazine rings is 1. The number of likely N-dealkylation sites (N-methyl/N-ethyl adjacent to an activating group) is 1. The highest BCUT2D eigenvalue weighted by atomic mass is 16.3. The van der Waals surface area contributed by atoms with E-state index in [0.717, 1.165) is 42.6 Å². The van der Waals surface area contributed by atoms with Crippen LogP contribution in [0.25, 0.3) is 10.8 Å². The maximum Gasteiger partial charge on any atom is 0.265 e. The van der Waals surface area contributed by atoms with Gasteiger partial charge in [0.2, 0.25) is 0 Å². The number of phenols is 1. The van der Waals surface area contributed by atoms with E-state index in [9.17, 15) is 14.7 Å². The molecule has 3 aromatic carbocycles. The van der Waals surface area contributed by atoms with Gasteiger partial charge in [-0.15, -0.1) is 0 Å². The predicted molar refractivity (Wildman–Crippen MR) is 113 cm³/mol. The molecule has 0 saturated carbocycles. The van der Waals surface area contributed by atoms with Crippen molar-refractivity contribution in [1.29, 1.82) is 0 Å². The lowest BCUT2D eigenvalue weighted by Crippen LogP contribution is -2.45. The minimum Gasteiger partial charge on any atom is -0.508 e. The van der Waals surface area contributed by atoms with Crippen molar-refractivity contribution in [2.45, 2.75) is 0 Å². The number of anilines is 2. The van der Waals surface area contributed by atoms with E-state index in [0.29, 0.717) is 16.8 Å². The number of carbonyl (C=O) groups is 2. The van der Waals surface area contributed by atoms with E-state index in [1.165, 1.54) is 17.0 Å². The maximum absolute atomic E-state index is 13.3. The molecule has 6 nitrogen and oxygen atoms in total. The van der Waals surface area contributed by atoms with Gasteiger partial charge in [-0.1, -0.05) is 12.1 Å². The number of aromatic hydroxyl groups is 1. The lowest BCUT2D eigenvalue weighted by atomic mass is 9.92. The standard InChI is InChI=1S/C23H21N3O3/c1-24-11-13-25(14-12-24)20-10-9-19-21-17(20)3-2-4-18(21)22(28)26(23(19)29)15-5-7-16(27)8-6-15/h2-10,27H,11-14H2,1H3. The minimum atomic E-state index is -0.339. The molecule has 146 valence electrons. The van der Waals surface area contributed by atoms with Crippen LogP contribution in [0.3, 0.4) is 0 Å². The molecule has 2 aliphatic heterocycles. The summed E-state index contributed by atoms with van der Waals surface area (Å²) in [5.41, 5.74) is 2.57. The second-order valence-corrected chi connectivity index (χ2v) is 7.61. The highest BCUT2D eigenvalue weighted by Gasteiger charge is 2.35. The van der Waals surface area contributed by atoms with Gasteiger partial charge in [0.05, 0.1) is 5.69 Å². The van der Waals surface area contributed by atoms with Crippen molar-refractivity contribution < 1.29 is 14.7 Å². The van der Waals surface area contributed by atoms with E-state index in [4.69, 9.17) is 0 Å². The van der Waals surface area contributed by atoms with Gasteiger partial charge < -0.3 is 14.9 Å². The van der Waals surface area contributed by atoms with Crippen LogP contribution < -0.4 is 9.80 Å². The van der Waals surface area contributed by atoms with Gasteiger partial charge in [-0.25, -0.2) is 4.90 Å². The van der Waals surface area contributed by atoms with Gasteiger partial charge in [0.25, 0.3) is 11.8 Å². The predicted octanol–water partition coefficient (Wildman–Crippen LogP) is 3.10. The first kappa shape index (κ1) is 17.7. The van der Waals surface area contributed by atoms with Crippen molar-refractivity contribution in [3.63, 3.8) is 0 Å². The molecule has 2 heterocycles. The van der Waals surface area contributed by atoms with Crippen LogP contribution in [-0.2, 0) is 0 Å². The summed E-state index contributed by atoms with van der Waals surface area (Å²) in [4.78, 5) is 32.3. The Morgan fingerprint density at radius 1 is 0.793 bits per heavy atom. The van der Waals surface area contributed by atoms with Crippen LogP contribution >= 0.6 is 0 Å². The summed E-state index contributed by atoms with van der Waals surface area (Å²) in [6.45, 7) is 3.79. The zero-order valence-corrected chi connectivity index (χ0v) is 16.1. The Kier molecular flexibility index (Phi) is 4.03. The monoisotopic (exact) mass is 387 g/mol. The molecule has 0 bridgehead atoms. The third kappa shape index (κ3) is 2.76. The molecule has 0 aromatic heterocycles. The van der Waals surface area contributed by atoms with Crippen LogP contribution in [0.2, 0.25) is 0 Å². The average molecular weight is 387 g/mol. The number of nitrogens with zero attached hydrogens (tertiary/aromatic N) is 3. The van der Waals surface area contributed by atoms with Crippen molar-refractivity contribution >= 4 is 34.0 Å². The van der Waals surface area contributed by atoms with Crippen molar-refractivity contribution in [3.8, 4) is 5.75 Å². The molecule has 2 aliphatic rings. The molecule has 3 aromatic rings. The van der Waals surface area contributed by atoms with Gasteiger partial charge in [-0.3, -0.25) is 9.59 Å². The Bertz CT molecular complexity index is 1110. The molecule has 0 atom stereocenters. The van der Waals surface area contributed by atoms with E-state index in [2.05, 4.69) is 16.8 Å². The average Bonchev–Trinajstić information content (AvgIpc) is 2.74. The Hall–Kier alpha value is -3.38. The summed E-state index contributed by atoms with van der Waals surface area (Å²) < 4.78 is 0. The second kappa shape index (κ2) is 6.60. The SMILES string of the molecule is CN1CCN(c2ccc3c4c(cccc24)C(=O)N(c2ccc(O)cc2)C3=O)CC1. The van der Waals surface area contributed by atoms with Crippen molar-refractivity contribution in [2.75, 3.05) is 43.0 Å². The lowest BCUT2D eigenvalue weighted by Gasteiger charge is -2.35. The first-order valence-electron chi connectivity index (χ1n) is 9.71. The van der Waals surface area contributed by atoms with Crippen LogP contribution in [0, 0.1) is 0 Å². The van der Waals surface area contributed by atoms with Gasteiger partial charge in [0, 0.05) is 53.8 Å². The quantitative estimate of drug-likeness (QED) is 0.685. The first-order valence-corrected chi connectivity index (χ1v) is 9.71. The highest BCUT2D eigenvalue weighted by molar-refractivity contribution is 6.36. The second-order valence-electron chi connectivity index (χ2n) is 7.61. The highest BCUT2D eigenvalue weighted by Crippen LogP contribution is 2.37. The van der Waals surface area contributed by atoms with Gasteiger partial charge in [-0.2, -0.15) is 0 Å². The van der Waals surface area contributed by atoms with Gasteiger partial charge in [0.1, 0.15) is 5.75 Å². The van der Waals surface area contributed by atoms with Crippen LogP contribution in [-0.4, -0.2) is 55.0 Å². The van der Waals surface area contributed by atoms with Crippen molar-refractivity contribution in [2.24, 2.45) is 0 Å². The molecule has 0 radical (unpaired) electrons. The number of hydrogen-bond donors (Lipinski definition) is 1. The zero-order chi connectivity index (χ0) is 20.1. The summed E-state index contributed by atoms with van der Waals surface area (Å²) in [6, 6.07) is 15.6. The fraction of sp³-hybridized carbons (Fsp3) is 0.217. The fourth-order valence-electron chi connectivity index (χ4n) is 4.24. The molecular formula is C23H21N3O3. The maximum atomic E-state index is 13.3. The van der Waals surface area contributed by atoms with Crippen LogP contribution in [0.5, 0.6) is 5.75 Å². The number of imide groups is 1. The molecule has 0 aliphatic carbocycles. The van der Waals surface area contributed by atoms with Crippen molar-refractivity contribution in [1.82, 2.24) is 4.90 Å². The molecule has 2 amide bonds. The van der Waals surface area contributed by atoms with Gasteiger partial charge in [0.15, 0.2) is 0 Å². The van der Waals surface area contributed by atoms with E-state index in [-0.39, 0.29) is 17.6 Å². The molecule has 29 heavy (non-hydrogen) atoms. The molecule has 1 fully saturated rings. The molecule has 0 spiro atoms. The normalized spacial score (nSPS) is 17.3. The van der Waals surface area contributed by atoms with E-state index in [1.807, 2.05) is 24.3 Å². The van der Waals surface area contributed by atoms with Crippen LogP contribution in [0.4, 0.5) is 11.4 Å². The number of hydrogen-bond acceptors (Lipinski definition) is 5. The number of rotatable bonds is 2. The number of phenolic OH excluding ortho intramolecular Hbond substituents is 1. The van der Waals surface area contributed by atoms with Crippen molar-refractivity contribution in [3.05, 3.63) is 65.7 Å². The van der Waals surface area contributed by atoms with Gasteiger partial charge >= 0.3 is 0 Å². The summed E-state index contributed by atoms with van der Waals surface area (Å²) in [7, 11) is 2.12. The molecule has 6 heteroatoms.